The van der Waals surface area contributed by atoms with Gasteiger partial charge in [0.15, 0.2) is 23.2 Å². The lowest BCUT2D eigenvalue weighted by molar-refractivity contribution is -0.0583. The number of aliphatic hydroxyl groups is 2. The second kappa shape index (κ2) is 7.68. The van der Waals surface area contributed by atoms with Crippen molar-refractivity contribution in [3.05, 3.63) is 36.9 Å². The van der Waals surface area contributed by atoms with Gasteiger partial charge in [0.2, 0.25) is 0 Å². The number of aliphatic hydroxyl groups excluding tert-OH is 2. The van der Waals surface area contributed by atoms with Crippen LogP contribution in [0.25, 0.3) is 11.2 Å². The molecule has 0 bridgehead atoms. The summed E-state index contributed by atoms with van der Waals surface area (Å²) >= 11 is 0. The molecule has 1 aliphatic rings. The minimum absolute atomic E-state index is 0.316. The predicted molar refractivity (Wildman–Crippen MR) is 99.4 cm³/mol. The van der Waals surface area contributed by atoms with E-state index in [0.717, 1.165) is 11.4 Å². The lowest BCUT2D eigenvalue weighted by atomic mass is 10.1. The highest BCUT2D eigenvalue weighted by Gasteiger charge is 2.45. The molecule has 1 fully saturated rings. The zero-order chi connectivity index (χ0) is 19.7. The molecule has 3 aromatic rings. The maximum Gasteiger partial charge on any atom is 0.167 e. The largest absolute Gasteiger partial charge is 0.497 e. The van der Waals surface area contributed by atoms with Crippen molar-refractivity contribution in [3.8, 4) is 5.75 Å². The van der Waals surface area contributed by atoms with Crippen LogP contribution >= 0.6 is 0 Å². The molecule has 28 heavy (non-hydrogen) atoms. The number of methoxy groups -OCH3 is 2. The molecule has 0 spiro atoms. The molecule has 0 amide bonds. The van der Waals surface area contributed by atoms with E-state index in [1.165, 1.54) is 13.4 Å². The molecule has 0 radical (unpaired) electrons. The average molecular weight is 387 g/mol. The molecule has 0 saturated carbocycles. The predicted octanol–water partition coefficient (Wildman–Crippen LogP) is 0.844. The molecule has 3 heterocycles. The van der Waals surface area contributed by atoms with Crippen LogP contribution in [0, 0.1) is 0 Å². The van der Waals surface area contributed by atoms with E-state index >= 15 is 0 Å². The average Bonchev–Trinajstić information content (AvgIpc) is 3.29. The molecule has 4 rings (SSSR count). The summed E-state index contributed by atoms with van der Waals surface area (Å²) in [5.41, 5.74) is 1.88. The maximum absolute atomic E-state index is 10.3. The highest BCUT2D eigenvalue weighted by Crippen LogP contribution is 2.34. The molecule has 1 aromatic carbocycles. The topological polar surface area (TPSA) is 124 Å². The van der Waals surface area contributed by atoms with Crippen molar-refractivity contribution in [3.63, 3.8) is 0 Å². The number of benzene rings is 1. The Labute approximate surface area is 160 Å². The Balaban J connectivity index is 1.66. The molecule has 10 nitrogen and oxygen atoms in total. The fourth-order valence-electron chi connectivity index (χ4n) is 3.29. The van der Waals surface area contributed by atoms with Crippen molar-refractivity contribution < 1.29 is 24.4 Å². The fraction of sp³-hybridized carbons (Fsp3) is 0.389. The number of nitrogens with zero attached hydrogens (tertiary/aromatic N) is 4. The first-order valence-corrected chi connectivity index (χ1v) is 8.72. The van der Waals surface area contributed by atoms with E-state index in [0.29, 0.717) is 17.0 Å². The first-order valence-electron chi connectivity index (χ1n) is 8.72. The van der Waals surface area contributed by atoms with Crippen molar-refractivity contribution in [2.75, 3.05) is 26.1 Å². The van der Waals surface area contributed by atoms with Crippen LogP contribution in [-0.4, -0.2) is 68.9 Å². The van der Waals surface area contributed by atoms with Crippen LogP contribution in [0.3, 0.4) is 0 Å². The Morgan fingerprint density at radius 3 is 2.64 bits per heavy atom. The lowest BCUT2D eigenvalue weighted by Gasteiger charge is -2.19. The van der Waals surface area contributed by atoms with Crippen molar-refractivity contribution in [1.29, 1.82) is 0 Å². The second-order valence-corrected chi connectivity index (χ2v) is 6.34. The van der Waals surface area contributed by atoms with Gasteiger partial charge in [-0.1, -0.05) is 0 Å². The number of hydrogen-bond acceptors (Lipinski definition) is 9. The molecule has 0 unspecified atom stereocenters. The molecular formula is C18H21N5O5. The van der Waals surface area contributed by atoms with Gasteiger partial charge in [0.05, 0.1) is 20.0 Å². The van der Waals surface area contributed by atoms with Gasteiger partial charge in [-0.15, -0.1) is 0 Å². The molecule has 0 aliphatic carbocycles. The Kier molecular flexibility index (Phi) is 5.09. The molecule has 1 saturated heterocycles. The van der Waals surface area contributed by atoms with E-state index in [1.807, 2.05) is 24.3 Å². The Morgan fingerprint density at radius 2 is 1.96 bits per heavy atom. The minimum Gasteiger partial charge on any atom is -0.497 e. The third-order valence-corrected chi connectivity index (χ3v) is 4.75. The number of rotatable bonds is 6. The van der Waals surface area contributed by atoms with Gasteiger partial charge in [-0.25, -0.2) is 15.0 Å². The summed E-state index contributed by atoms with van der Waals surface area (Å²) in [5.74, 6) is 1.28. The number of ether oxygens (including phenoxy) is 3. The van der Waals surface area contributed by atoms with Gasteiger partial charge in [-0.2, -0.15) is 0 Å². The summed E-state index contributed by atoms with van der Waals surface area (Å²) in [7, 11) is 3.09. The lowest BCUT2D eigenvalue weighted by Crippen LogP contribution is -2.34. The van der Waals surface area contributed by atoms with E-state index in [9.17, 15) is 10.2 Å². The third-order valence-electron chi connectivity index (χ3n) is 4.75. The van der Waals surface area contributed by atoms with Crippen LogP contribution in [0.1, 0.15) is 6.23 Å². The van der Waals surface area contributed by atoms with E-state index in [-0.39, 0.29) is 6.61 Å². The standard InChI is InChI=1S/C18H21N5O5/c1-26-11-5-3-10(4-6-11)22-16-13-17(20-8-19-16)23(9-21-13)18-15(27-2)14(25)12(7-24)28-18/h3-6,8-9,12,14-15,18,24-25H,7H2,1-2H3,(H,19,20,22)/t12-,14-,15-,18-/m1/s1. The Morgan fingerprint density at radius 1 is 1.18 bits per heavy atom. The number of hydrogen-bond donors (Lipinski definition) is 3. The number of nitrogens with one attached hydrogen (secondary N) is 1. The molecule has 1 aliphatic heterocycles. The monoisotopic (exact) mass is 387 g/mol. The zero-order valence-corrected chi connectivity index (χ0v) is 15.4. The van der Waals surface area contributed by atoms with Crippen molar-refractivity contribution >= 4 is 22.7 Å². The van der Waals surface area contributed by atoms with Crippen molar-refractivity contribution in [2.45, 2.75) is 24.5 Å². The quantitative estimate of drug-likeness (QED) is 0.564. The van der Waals surface area contributed by atoms with Gasteiger partial charge >= 0.3 is 0 Å². The summed E-state index contributed by atoms with van der Waals surface area (Å²) in [6, 6.07) is 7.41. The second-order valence-electron chi connectivity index (χ2n) is 6.34. The number of anilines is 2. The van der Waals surface area contributed by atoms with Crippen LogP contribution in [0.5, 0.6) is 5.75 Å². The van der Waals surface area contributed by atoms with Crippen LogP contribution in [0.2, 0.25) is 0 Å². The summed E-state index contributed by atoms with van der Waals surface area (Å²) in [4.78, 5) is 13.0. The van der Waals surface area contributed by atoms with E-state index in [1.54, 1.807) is 18.0 Å². The van der Waals surface area contributed by atoms with Gasteiger partial charge in [0.1, 0.15) is 30.4 Å². The maximum atomic E-state index is 10.3. The fourth-order valence-corrected chi connectivity index (χ4v) is 3.29. The summed E-state index contributed by atoms with van der Waals surface area (Å²) in [6.45, 7) is -0.316. The highest BCUT2D eigenvalue weighted by atomic mass is 16.6. The first-order chi connectivity index (χ1) is 13.7. The smallest absolute Gasteiger partial charge is 0.167 e. The van der Waals surface area contributed by atoms with Gasteiger partial charge in [-0.05, 0) is 24.3 Å². The zero-order valence-electron chi connectivity index (χ0n) is 15.4. The number of fused-ring (bicyclic) bond motifs is 1. The van der Waals surface area contributed by atoms with E-state index in [4.69, 9.17) is 14.2 Å². The van der Waals surface area contributed by atoms with Crippen LogP contribution in [0.4, 0.5) is 11.5 Å². The van der Waals surface area contributed by atoms with E-state index < -0.39 is 24.5 Å². The molecular weight excluding hydrogens is 366 g/mol. The summed E-state index contributed by atoms with van der Waals surface area (Å²) in [6.07, 6.45) is -0.0687. The van der Waals surface area contributed by atoms with Crippen LogP contribution in [-0.2, 0) is 9.47 Å². The minimum atomic E-state index is -0.962. The molecule has 148 valence electrons. The number of aromatic nitrogens is 4. The summed E-state index contributed by atoms with van der Waals surface area (Å²) < 4.78 is 18.0. The number of imidazole rings is 1. The van der Waals surface area contributed by atoms with Crippen LogP contribution in [0.15, 0.2) is 36.9 Å². The Bertz CT molecular complexity index is 947. The van der Waals surface area contributed by atoms with Gasteiger partial charge in [0.25, 0.3) is 0 Å². The highest BCUT2D eigenvalue weighted by molar-refractivity contribution is 5.85. The Hall–Kier alpha value is -2.79. The van der Waals surface area contributed by atoms with E-state index in [2.05, 4.69) is 20.3 Å². The molecule has 3 N–H and O–H groups in total. The SMILES string of the molecule is COc1ccc(Nc2ncnc3c2ncn3[C@@H]2O[C@H](CO)[C@@H](O)[C@H]2OC)cc1. The van der Waals surface area contributed by atoms with Gasteiger partial charge < -0.3 is 29.7 Å². The van der Waals surface area contributed by atoms with Crippen LogP contribution < -0.4 is 10.1 Å². The van der Waals surface area contributed by atoms with Crippen molar-refractivity contribution in [1.82, 2.24) is 19.5 Å². The molecule has 10 heteroatoms. The molecule has 2 aromatic heterocycles. The van der Waals surface area contributed by atoms with Gasteiger partial charge in [0, 0.05) is 12.8 Å². The normalized spacial score (nSPS) is 24.6. The molecule has 4 atom stereocenters. The first kappa shape index (κ1) is 18.6. The third kappa shape index (κ3) is 3.16. The van der Waals surface area contributed by atoms with Gasteiger partial charge in [-0.3, -0.25) is 4.57 Å². The van der Waals surface area contributed by atoms with Crippen molar-refractivity contribution in [2.24, 2.45) is 0 Å². The summed E-state index contributed by atoms with van der Waals surface area (Å²) in [5, 5.41) is 22.9.